The SMILES string of the molecule is O=C(CCc1ccco1)N1CCN(c2ccc(Cl)cc2)CC1. The Morgan fingerprint density at radius 3 is 2.45 bits per heavy atom. The zero-order valence-electron chi connectivity index (χ0n) is 12.4. The van der Waals surface area contributed by atoms with Gasteiger partial charge >= 0.3 is 0 Å². The molecule has 0 radical (unpaired) electrons. The molecular weight excluding hydrogens is 300 g/mol. The van der Waals surface area contributed by atoms with Gasteiger partial charge in [0.05, 0.1) is 6.26 Å². The Balaban J connectivity index is 1.48. The molecule has 0 atom stereocenters. The lowest BCUT2D eigenvalue weighted by molar-refractivity contribution is -0.131. The number of carbonyl (C=O) groups is 1. The molecule has 1 aromatic heterocycles. The molecule has 2 heterocycles. The van der Waals surface area contributed by atoms with Crippen molar-refractivity contribution in [1.82, 2.24) is 4.90 Å². The van der Waals surface area contributed by atoms with Crippen LogP contribution in [0.1, 0.15) is 12.2 Å². The van der Waals surface area contributed by atoms with Gasteiger partial charge in [-0.3, -0.25) is 4.79 Å². The van der Waals surface area contributed by atoms with Gasteiger partial charge in [0.15, 0.2) is 0 Å². The van der Waals surface area contributed by atoms with Gasteiger partial charge < -0.3 is 14.2 Å². The number of nitrogens with zero attached hydrogens (tertiary/aromatic N) is 2. The lowest BCUT2D eigenvalue weighted by Crippen LogP contribution is -2.48. The van der Waals surface area contributed by atoms with Crippen LogP contribution in [-0.2, 0) is 11.2 Å². The van der Waals surface area contributed by atoms with E-state index in [4.69, 9.17) is 16.0 Å². The number of anilines is 1. The Bertz CT molecular complexity index is 602. The third-order valence-corrected chi connectivity index (χ3v) is 4.24. The molecule has 0 spiro atoms. The molecule has 5 heteroatoms. The van der Waals surface area contributed by atoms with Crippen LogP contribution in [0, 0.1) is 0 Å². The van der Waals surface area contributed by atoms with E-state index in [1.807, 2.05) is 41.3 Å². The van der Waals surface area contributed by atoms with E-state index in [2.05, 4.69) is 4.90 Å². The van der Waals surface area contributed by atoms with Crippen molar-refractivity contribution in [3.05, 3.63) is 53.4 Å². The molecule has 3 rings (SSSR count). The molecule has 0 bridgehead atoms. The molecule has 116 valence electrons. The standard InChI is InChI=1S/C17H19ClN2O2/c18-14-3-5-15(6-4-14)19-9-11-20(12-10-19)17(21)8-7-16-2-1-13-22-16/h1-6,13H,7-12H2. The average molecular weight is 319 g/mol. The molecule has 1 fully saturated rings. The lowest BCUT2D eigenvalue weighted by Gasteiger charge is -2.36. The number of furan rings is 1. The normalized spacial score (nSPS) is 15.1. The van der Waals surface area contributed by atoms with Crippen LogP contribution in [0.4, 0.5) is 5.69 Å². The van der Waals surface area contributed by atoms with E-state index >= 15 is 0 Å². The zero-order chi connectivity index (χ0) is 15.4. The van der Waals surface area contributed by atoms with Crippen LogP contribution in [-0.4, -0.2) is 37.0 Å². The van der Waals surface area contributed by atoms with Gasteiger partial charge in [-0.2, -0.15) is 0 Å². The fraction of sp³-hybridized carbons (Fsp3) is 0.353. The topological polar surface area (TPSA) is 36.7 Å². The van der Waals surface area contributed by atoms with Gasteiger partial charge in [-0.1, -0.05) is 11.6 Å². The van der Waals surface area contributed by atoms with E-state index in [1.54, 1.807) is 6.26 Å². The van der Waals surface area contributed by atoms with Crippen LogP contribution in [0.2, 0.25) is 5.02 Å². The lowest BCUT2D eigenvalue weighted by atomic mass is 10.2. The Morgan fingerprint density at radius 2 is 1.82 bits per heavy atom. The zero-order valence-corrected chi connectivity index (χ0v) is 13.1. The van der Waals surface area contributed by atoms with Gasteiger partial charge in [-0.25, -0.2) is 0 Å². The van der Waals surface area contributed by atoms with Crippen LogP contribution >= 0.6 is 11.6 Å². The van der Waals surface area contributed by atoms with Crippen molar-refractivity contribution >= 4 is 23.2 Å². The van der Waals surface area contributed by atoms with Crippen LogP contribution < -0.4 is 4.90 Å². The van der Waals surface area contributed by atoms with Gasteiger partial charge in [-0.05, 0) is 36.4 Å². The number of benzene rings is 1. The first kappa shape index (κ1) is 15.0. The quantitative estimate of drug-likeness (QED) is 0.868. The molecule has 1 amide bonds. The number of halogens is 1. The van der Waals surface area contributed by atoms with Crippen molar-refractivity contribution in [1.29, 1.82) is 0 Å². The second kappa shape index (κ2) is 6.88. The minimum atomic E-state index is 0.201. The first-order chi connectivity index (χ1) is 10.7. The third-order valence-electron chi connectivity index (χ3n) is 3.99. The second-order valence-corrected chi connectivity index (χ2v) is 5.86. The molecule has 1 aromatic carbocycles. The molecule has 22 heavy (non-hydrogen) atoms. The highest BCUT2D eigenvalue weighted by Crippen LogP contribution is 2.19. The Morgan fingerprint density at radius 1 is 1.09 bits per heavy atom. The maximum atomic E-state index is 12.2. The predicted octanol–water partition coefficient (Wildman–Crippen LogP) is 3.21. The number of hydrogen-bond acceptors (Lipinski definition) is 3. The van der Waals surface area contributed by atoms with Crippen molar-refractivity contribution in [2.75, 3.05) is 31.1 Å². The van der Waals surface area contributed by atoms with Crippen molar-refractivity contribution < 1.29 is 9.21 Å². The summed E-state index contributed by atoms with van der Waals surface area (Å²) >= 11 is 5.91. The van der Waals surface area contributed by atoms with Crippen molar-refractivity contribution in [2.45, 2.75) is 12.8 Å². The Labute approximate surface area is 135 Å². The summed E-state index contributed by atoms with van der Waals surface area (Å²) in [6.45, 7) is 3.24. The monoisotopic (exact) mass is 318 g/mol. The number of aryl methyl sites for hydroxylation is 1. The Kier molecular flexibility index (Phi) is 4.68. The minimum absolute atomic E-state index is 0.201. The second-order valence-electron chi connectivity index (χ2n) is 5.42. The highest BCUT2D eigenvalue weighted by Gasteiger charge is 2.21. The summed E-state index contributed by atoms with van der Waals surface area (Å²) < 4.78 is 5.27. The first-order valence-corrected chi connectivity index (χ1v) is 7.91. The molecule has 1 aliphatic rings. The van der Waals surface area contributed by atoms with E-state index in [1.165, 1.54) is 0 Å². The van der Waals surface area contributed by atoms with Crippen LogP contribution in [0.15, 0.2) is 47.1 Å². The summed E-state index contributed by atoms with van der Waals surface area (Å²) in [6, 6.07) is 11.6. The van der Waals surface area contributed by atoms with Gasteiger partial charge in [0.1, 0.15) is 5.76 Å². The summed E-state index contributed by atoms with van der Waals surface area (Å²) in [7, 11) is 0. The molecule has 0 unspecified atom stereocenters. The molecule has 0 N–H and O–H groups in total. The maximum Gasteiger partial charge on any atom is 0.223 e. The molecular formula is C17H19ClN2O2. The molecule has 1 aliphatic heterocycles. The summed E-state index contributed by atoms with van der Waals surface area (Å²) in [6.07, 6.45) is 2.82. The summed E-state index contributed by atoms with van der Waals surface area (Å²) in [5, 5.41) is 0.746. The first-order valence-electron chi connectivity index (χ1n) is 7.53. The van der Waals surface area contributed by atoms with Crippen LogP contribution in [0.25, 0.3) is 0 Å². The average Bonchev–Trinajstić information content (AvgIpc) is 3.07. The highest BCUT2D eigenvalue weighted by molar-refractivity contribution is 6.30. The number of rotatable bonds is 4. The third kappa shape index (κ3) is 3.63. The molecule has 1 saturated heterocycles. The van der Waals surface area contributed by atoms with E-state index in [0.29, 0.717) is 12.8 Å². The number of hydrogen-bond donors (Lipinski definition) is 0. The van der Waals surface area contributed by atoms with E-state index in [-0.39, 0.29) is 5.91 Å². The minimum Gasteiger partial charge on any atom is -0.469 e. The van der Waals surface area contributed by atoms with E-state index < -0.39 is 0 Å². The highest BCUT2D eigenvalue weighted by atomic mass is 35.5. The van der Waals surface area contributed by atoms with Gasteiger partial charge in [0, 0.05) is 49.7 Å². The number of piperazine rings is 1. The number of carbonyl (C=O) groups excluding carboxylic acids is 1. The van der Waals surface area contributed by atoms with Crippen molar-refractivity contribution in [3.63, 3.8) is 0 Å². The van der Waals surface area contributed by atoms with E-state index in [0.717, 1.165) is 42.6 Å². The number of amides is 1. The molecule has 4 nitrogen and oxygen atoms in total. The smallest absolute Gasteiger partial charge is 0.223 e. The van der Waals surface area contributed by atoms with Crippen LogP contribution in [0.3, 0.4) is 0 Å². The maximum absolute atomic E-state index is 12.2. The fourth-order valence-electron chi connectivity index (χ4n) is 2.71. The van der Waals surface area contributed by atoms with Gasteiger partial charge in [0.25, 0.3) is 0 Å². The van der Waals surface area contributed by atoms with Gasteiger partial charge in [0.2, 0.25) is 5.91 Å². The Hall–Kier alpha value is -1.94. The van der Waals surface area contributed by atoms with Gasteiger partial charge in [-0.15, -0.1) is 0 Å². The molecule has 0 aliphatic carbocycles. The summed E-state index contributed by atoms with van der Waals surface area (Å²) in [5.74, 6) is 1.07. The summed E-state index contributed by atoms with van der Waals surface area (Å²) in [5.41, 5.74) is 1.16. The van der Waals surface area contributed by atoms with E-state index in [9.17, 15) is 4.79 Å². The van der Waals surface area contributed by atoms with Crippen molar-refractivity contribution in [3.8, 4) is 0 Å². The van der Waals surface area contributed by atoms with Crippen molar-refractivity contribution in [2.24, 2.45) is 0 Å². The molecule has 2 aromatic rings. The largest absolute Gasteiger partial charge is 0.469 e. The fourth-order valence-corrected chi connectivity index (χ4v) is 2.84. The summed E-state index contributed by atoms with van der Waals surface area (Å²) in [4.78, 5) is 16.5. The molecule has 0 saturated carbocycles. The predicted molar refractivity (Wildman–Crippen MR) is 87.3 cm³/mol. The van der Waals surface area contributed by atoms with Crippen LogP contribution in [0.5, 0.6) is 0 Å².